The van der Waals surface area contributed by atoms with Crippen LogP contribution < -0.4 is 0 Å². The summed E-state index contributed by atoms with van der Waals surface area (Å²) in [4.78, 5) is 0. The van der Waals surface area contributed by atoms with Crippen molar-refractivity contribution in [1.29, 1.82) is 0 Å². The fourth-order valence-electron chi connectivity index (χ4n) is 1.87. The van der Waals surface area contributed by atoms with Crippen LogP contribution in [0.15, 0.2) is 41.6 Å². The van der Waals surface area contributed by atoms with Gasteiger partial charge in [-0.1, -0.05) is 25.1 Å². The summed E-state index contributed by atoms with van der Waals surface area (Å²) in [7, 11) is 0. The molecule has 1 rings (SSSR count). The molecular weight excluding hydrogens is 240 g/mol. The Labute approximate surface area is 114 Å². The molecule has 104 valence electrons. The van der Waals surface area contributed by atoms with Crippen LogP contribution in [0, 0.1) is 0 Å². The maximum atomic E-state index is 9.98. The Balaban J connectivity index is 2.70. The number of benzene rings is 1. The fourth-order valence-corrected chi connectivity index (χ4v) is 1.87. The van der Waals surface area contributed by atoms with E-state index in [1.807, 2.05) is 6.92 Å². The molecule has 0 heterocycles. The van der Waals surface area contributed by atoms with Gasteiger partial charge in [-0.3, -0.25) is 0 Å². The molecule has 0 unspecified atom stereocenters. The molecule has 0 aromatic heterocycles. The van der Waals surface area contributed by atoms with Crippen molar-refractivity contribution in [3.8, 4) is 5.75 Å². The molecular formula is C16H22O3. The van der Waals surface area contributed by atoms with Gasteiger partial charge < -0.3 is 15.3 Å². The average Bonchev–Trinajstić information content (AvgIpc) is 2.37. The zero-order valence-electron chi connectivity index (χ0n) is 11.5. The van der Waals surface area contributed by atoms with Gasteiger partial charge in [0, 0.05) is 18.4 Å². The largest absolute Gasteiger partial charge is 0.508 e. The molecule has 3 heteroatoms. The van der Waals surface area contributed by atoms with E-state index in [4.69, 9.17) is 0 Å². The number of para-hydroxylation sites is 1. The van der Waals surface area contributed by atoms with Crippen molar-refractivity contribution in [3.05, 3.63) is 47.2 Å². The molecule has 0 saturated carbocycles. The van der Waals surface area contributed by atoms with E-state index in [1.165, 1.54) is 0 Å². The number of aromatic hydroxyl groups is 1. The lowest BCUT2D eigenvalue weighted by molar-refractivity contribution is 0.177. The van der Waals surface area contributed by atoms with E-state index < -0.39 is 6.10 Å². The van der Waals surface area contributed by atoms with Crippen LogP contribution in [0.1, 0.15) is 44.8 Å². The van der Waals surface area contributed by atoms with Gasteiger partial charge in [0.2, 0.25) is 0 Å². The zero-order valence-corrected chi connectivity index (χ0v) is 11.5. The highest BCUT2D eigenvalue weighted by Gasteiger charge is 2.09. The number of phenolic OH excluding ortho intramolecular Hbond substituents is 1. The van der Waals surface area contributed by atoms with Gasteiger partial charge in [-0.15, -0.1) is 5.73 Å². The minimum atomic E-state index is -0.738. The summed E-state index contributed by atoms with van der Waals surface area (Å²) in [6.45, 7) is 3.76. The summed E-state index contributed by atoms with van der Waals surface area (Å²) in [6, 6.07) is 6.76. The normalized spacial score (nSPS) is 13.5. The van der Waals surface area contributed by atoms with E-state index >= 15 is 0 Å². The Kier molecular flexibility index (Phi) is 6.37. The number of aliphatic hydroxyl groups excluding tert-OH is 2. The molecule has 2 atom stereocenters. The molecule has 0 fully saturated rings. The predicted molar refractivity (Wildman–Crippen MR) is 75.9 cm³/mol. The van der Waals surface area contributed by atoms with E-state index in [-0.39, 0.29) is 11.9 Å². The summed E-state index contributed by atoms with van der Waals surface area (Å²) < 4.78 is 0. The Bertz CT molecular complexity index is 457. The first-order valence-corrected chi connectivity index (χ1v) is 6.61. The molecule has 0 amide bonds. The van der Waals surface area contributed by atoms with Gasteiger partial charge >= 0.3 is 0 Å². The third-order valence-electron chi connectivity index (χ3n) is 2.91. The van der Waals surface area contributed by atoms with Gasteiger partial charge in [0.25, 0.3) is 0 Å². The number of hydrogen-bond donors (Lipinski definition) is 3. The second kappa shape index (κ2) is 7.80. The van der Waals surface area contributed by atoms with Crippen LogP contribution in [0.25, 0.3) is 0 Å². The summed E-state index contributed by atoms with van der Waals surface area (Å²) in [5.74, 6) is 0.104. The van der Waals surface area contributed by atoms with Crippen LogP contribution in [0.3, 0.4) is 0 Å². The van der Waals surface area contributed by atoms with Gasteiger partial charge in [-0.05, 0) is 31.1 Å². The Morgan fingerprint density at radius 1 is 1.32 bits per heavy atom. The maximum Gasteiger partial charge on any atom is 0.121 e. The molecule has 0 aliphatic heterocycles. The van der Waals surface area contributed by atoms with E-state index in [0.717, 1.165) is 12.0 Å². The van der Waals surface area contributed by atoms with E-state index in [0.29, 0.717) is 18.4 Å². The standard InChI is InChI=1S/C16H22O3/c1-3-13(11-12(2)17)7-6-10-16(19)14-8-4-5-9-15(14)18/h4-6,8-9,12,16-19H,3,10-11H2,1-2H3/t7?,12-,16+/m0/s1. The van der Waals surface area contributed by atoms with E-state index in [1.54, 1.807) is 37.3 Å². The molecule has 1 aromatic rings. The molecule has 19 heavy (non-hydrogen) atoms. The lowest BCUT2D eigenvalue weighted by Crippen LogP contribution is -2.00. The first-order chi connectivity index (χ1) is 9.04. The van der Waals surface area contributed by atoms with Crippen LogP contribution in [-0.2, 0) is 0 Å². The zero-order chi connectivity index (χ0) is 14.3. The van der Waals surface area contributed by atoms with Gasteiger partial charge in [0.05, 0.1) is 12.2 Å². The van der Waals surface area contributed by atoms with Crippen molar-refractivity contribution in [3.63, 3.8) is 0 Å². The monoisotopic (exact) mass is 262 g/mol. The molecule has 3 nitrogen and oxygen atoms in total. The lowest BCUT2D eigenvalue weighted by Gasteiger charge is -2.09. The van der Waals surface area contributed by atoms with Gasteiger partial charge in [0.15, 0.2) is 0 Å². The van der Waals surface area contributed by atoms with Crippen molar-refractivity contribution in [1.82, 2.24) is 0 Å². The Hall–Kier alpha value is -1.54. The second-order valence-electron chi connectivity index (χ2n) is 4.67. The Morgan fingerprint density at radius 3 is 2.58 bits per heavy atom. The van der Waals surface area contributed by atoms with Crippen molar-refractivity contribution in [2.75, 3.05) is 0 Å². The van der Waals surface area contributed by atoms with Crippen molar-refractivity contribution in [2.24, 2.45) is 0 Å². The summed E-state index contributed by atoms with van der Waals surface area (Å²) in [6.07, 6.45) is 2.46. The molecule has 0 aliphatic rings. The molecule has 0 aliphatic carbocycles. The SMILES string of the molecule is CCC(=C=CC[C@@H](O)c1ccccc1O)C[C@H](C)O. The van der Waals surface area contributed by atoms with Crippen molar-refractivity contribution >= 4 is 0 Å². The van der Waals surface area contributed by atoms with E-state index in [9.17, 15) is 15.3 Å². The van der Waals surface area contributed by atoms with Gasteiger partial charge in [-0.25, -0.2) is 0 Å². The van der Waals surface area contributed by atoms with Crippen LogP contribution in [0.2, 0.25) is 0 Å². The highest BCUT2D eigenvalue weighted by Crippen LogP contribution is 2.25. The first-order valence-electron chi connectivity index (χ1n) is 6.61. The summed E-state index contributed by atoms with van der Waals surface area (Å²) in [5, 5.41) is 28.9. The first kappa shape index (κ1) is 15.5. The second-order valence-corrected chi connectivity index (χ2v) is 4.67. The highest BCUT2D eigenvalue weighted by atomic mass is 16.3. The van der Waals surface area contributed by atoms with Gasteiger partial charge in [0.1, 0.15) is 5.75 Å². The molecule has 0 bridgehead atoms. The highest BCUT2D eigenvalue weighted by molar-refractivity contribution is 5.33. The Morgan fingerprint density at radius 2 is 2.00 bits per heavy atom. The van der Waals surface area contributed by atoms with Crippen molar-refractivity contribution < 1.29 is 15.3 Å². The quantitative estimate of drug-likeness (QED) is 0.690. The number of rotatable bonds is 6. The summed E-state index contributed by atoms with van der Waals surface area (Å²) >= 11 is 0. The minimum Gasteiger partial charge on any atom is -0.508 e. The topological polar surface area (TPSA) is 60.7 Å². The third kappa shape index (κ3) is 5.31. The summed E-state index contributed by atoms with van der Waals surface area (Å²) in [5.41, 5.74) is 4.66. The van der Waals surface area contributed by atoms with E-state index in [2.05, 4.69) is 5.73 Å². The molecule has 0 radical (unpaired) electrons. The van der Waals surface area contributed by atoms with Crippen molar-refractivity contribution in [2.45, 2.75) is 45.3 Å². The molecule has 0 spiro atoms. The molecule has 1 aromatic carbocycles. The van der Waals surface area contributed by atoms with Crippen LogP contribution >= 0.6 is 0 Å². The number of hydrogen-bond acceptors (Lipinski definition) is 3. The van der Waals surface area contributed by atoms with Crippen LogP contribution in [0.5, 0.6) is 5.75 Å². The maximum absolute atomic E-state index is 9.98. The lowest BCUT2D eigenvalue weighted by atomic mass is 10.0. The number of aliphatic hydroxyl groups is 2. The predicted octanol–water partition coefficient (Wildman–Crippen LogP) is 3.08. The number of phenols is 1. The molecule has 3 N–H and O–H groups in total. The van der Waals surface area contributed by atoms with Crippen LogP contribution in [0.4, 0.5) is 0 Å². The average molecular weight is 262 g/mol. The fraction of sp³-hybridized carbons (Fsp3) is 0.438. The molecule has 0 saturated heterocycles. The van der Waals surface area contributed by atoms with Gasteiger partial charge in [-0.2, -0.15) is 0 Å². The third-order valence-corrected chi connectivity index (χ3v) is 2.91. The smallest absolute Gasteiger partial charge is 0.121 e. The van der Waals surface area contributed by atoms with Crippen LogP contribution in [-0.4, -0.2) is 21.4 Å². The minimum absolute atomic E-state index is 0.104.